The molecule has 2 aromatic rings. The average Bonchev–Trinajstić information content (AvgIpc) is 2.47. The van der Waals surface area contributed by atoms with E-state index in [1.165, 1.54) is 12.1 Å². The largest absolute Gasteiger partial charge is 0.481 e. The van der Waals surface area contributed by atoms with Crippen molar-refractivity contribution in [1.29, 1.82) is 0 Å². The molecule has 108 valence electrons. The number of ether oxygens (including phenoxy) is 1. The van der Waals surface area contributed by atoms with Crippen LogP contribution in [-0.2, 0) is 4.79 Å². The summed E-state index contributed by atoms with van der Waals surface area (Å²) in [5, 5.41) is 2.63. The Hall–Kier alpha value is -2.47. The second kappa shape index (κ2) is 6.81. The molecule has 0 spiro atoms. The van der Waals surface area contributed by atoms with Gasteiger partial charge in [-0.1, -0.05) is 24.4 Å². The summed E-state index contributed by atoms with van der Waals surface area (Å²) < 4.78 is 18.4. The van der Waals surface area contributed by atoms with Gasteiger partial charge in [-0.3, -0.25) is 4.79 Å². The molecule has 0 bridgehead atoms. The number of benzene rings is 2. The lowest BCUT2D eigenvalue weighted by Gasteiger charge is -2.08. The molecule has 0 heterocycles. The van der Waals surface area contributed by atoms with E-state index in [9.17, 15) is 9.18 Å². The molecule has 0 unspecified atom stereocenters. The zero-order chi connectivity index (χ0) is 15.2. The maximum atomic E-state index is 13.3. The van der Waals surface area contributed by atoms with Gasteiger partial charge in [0.15, 0.2) is 18.2 Å². The number of nitrogens with one attached hydrogen (secondary N) is 1. The minimum atomic E-state index is -0.508. The Balaban J connectivity index is 1.90. The first-order valence-electron chi connectivity index (χ1n) is 6.13. The van der Waals surface area contributed by atoms with E-state index >= 15 is 0 Å². The summed E-state index contributed by atoms with van der Waals surface area (Å²) >= 11 is 4.84. The lowest BCUT2D eigenvalue weighted by atomic mass is 10.2. The van der Waals surface area contributed by atoms with Crippen molar-refractivity contribution in [1.82, 2.24) is 0 Å². The van der Waals surface area contributed by atoms with Crippen LogP contribution in [0.2, 0.25) is 0 Å². The van der Waals surface area contributed by atoms with Gasteiger partial charge in [-0.2, -0.15) is 0 Å². The quantitative estimate of drug-likeness (QED) is 0.833. The first-order chi connectivity index (χ1) is 10.1. The van der Waals surface area contributed by atoms with Gasteiger partial charge in [-0.05, 0) is 36.4 Å². The van der Waals surface area contributed by atoms with E-state index in [1.54, 1.807) is 36.4 Å². The SMILES string of the molecule is NC(=S)c1ccc(NC(=O)COc2ccccc2F)cc1. The highest BCUT2D eigenvalue weighted by molar-refractivity contribution is 7.80. The van der Waals surface area contributed by atoms with Crippen LogP contribution in [0.1, 0.15) is 5.56 Å². The number of nitrogens with two attached hydrogens (primary N) is 1. The van der Waals surface area contributed by atoms with Gasteiger partial charge >= 0.3 is 0 Å². The molecule has 2 aromatic carbocycles. The van der Waals surface area contributed by atoms with Gasteiger partial charge in [0, 0.05) is 11.3 Å². The number of para-hydroxylation sites is 1. The molecule has 1 amide bonds. The summed E-state index contributed by atoms with van der Waals surface area (Å²) in [5.41, 5.74) is 6.77. The van der Waals surface area contributed by atoms with Gasteiger partial charge in [0.05, 0.1) is 0 Å². The number of anilines is 1. The standard InChI is InChI=1S/C15H13FN2O2S/c16-12-3-1-2-4-13(12)20-9-14(19)18-11-7-5-10(6-8-11)15(17)21/h1-8H,9H2,(H2,17,21)(H,18,19). The van der Waals surface area contributed by atoms with Crippen LogP contribution in [0.3, 0.4) is 0 Å². The van der Waals surface area contributed by atoms with E-state index < -0.39 is 5.82 Å². The molecule has 2 rings (SSSR count). The fourth-order valence-corrected chi connectivity index (χ4v) is 1.76. The number of rotatable bonds is 5. The second-order valence-corrected chi connectivity index (χ2v) is 4.65. The molecule has 3 N–H and O–H groups in total. The first-order valence-corrected chi connectivity index (χ1v) is 6.54. The molecule has 21 heavy (non-hydrogen) atoms. The number of amides is 1. The Kier molecular flexibility index (Phi) is 4.84. The predicted octanol–water partition coefficient (Wildman–Crippen LogP) is 2.48. The summed E-state index contributed by atoms with van der Waals surface area (Å²) in [7, 11) is 0. The molecule has 0 aliphatic heterocycles. The lowest BCUT2D eigenvalue weighted by molar-refractivity contribution is -0.118. The third kappa shape index (κ3) is 4.25. The van der Waals surface area contributed by atoms with Gasteiger partial charge in [0.25, 0.3) is 5.91 Å². The van der Waals surface area contributed by atoms with Gasteiger partial charge < -0.3 is 15.8 Å². The third-order valence-electron chi connectivity index (χ3n) is 2.65. The molecule has 4 nitrogen and oxygen atoms in total. The minimum Gasteiger partial charge on any atom is -0.481 e. The number of thiocarbonyl (C=S) groups is 1. The molecular formula is C15H13FN2O2S. The molecular weight excluding hydrogens is 291 g/mol. The maximum Gasteiger partial charge on any atom is 0.262 e. The maximum absolute atomic E-state index is 13.3. The monoisotopic (exact) mass is 304 g/mol. The summed E-state index contributed by atoms with van der Waals surface area (Å²) in [5.74, 6) is -0.857. The van der Waals surface area contributed by atoms with Crippen molar-refractivity contribution in [2.24, 2.45) is 5.73 Å². The Bertz CT molecular complexity index is 659. The van der Waals surface area contributed by atoms with Gasteiger partial charge in [-0.15, -0.1) is 0 Å². The van der Waals surface area contributed by atoms with Crippen molar-refractivity contribution < 1.29 is 13.9 Å². The number of hydrogen-bond acceptors (Lipinski definition) is 3. The fraction of sp³-hybridized carbons (Fsp3) is 0.0667. The first kappa shape index (κ1) is 14.9. The summed E-state index contributed by atoms with van der Waals surface area (Å²) in [4.78, 5) is 12.0. The zero-order valence-electron chi connectivity index (χ0n) is 11.0. The number of hydrogen-bond donors (Lipinski definition) is 2. The average molecular weight is 304 g/mol. The van der Waals surface area contributed by atoms with E-state index in [2.05, 4.69) is 5.32 Å². The van der Waals surface area contributed by atoms with Crippen LogP contribution in [0, 0.1) is 5.82 Å². The van der Waals surface area contributed by atoms with Crippen LogP contribution in [0.15, 0.2) is 48.5 Å². The second-order valence-electron chi connectivity index (χ2n) is 4.21. The Labute approximate surface area is 126 Å². The Morgan fingerprint density at radius 1 is 1.19 bits per heavy atom. The Morgan fingerprint density at radius 2 is 1.86 bits per heavy atom. The van der Waals surface area contributed by atoms with Crippen LogP contribution in [-0.4, -0.2) is 17.5 Å². The molecule has 0 radical (unpaired) electrons. The topological polar surface area (TPSA) is 64.3 Å². The van der Waals surface area contributed by atoms with Crippen LogP contribution < -0.4 is 15.8 Å². The molecule has 0 saturated carbocycles. The molecule has 0 saturated heterocycles. The van der Waals surface area contributed by atoms with Gasteiger partial charge in [0.1, 0.15) is 4.99 Å². The van der Waals surface area contributed by atoms with Crippen molar-refractivity contribution in [3.63, 3.8) is 0 Å². The minimum absolute atomic E-state index is 0.0384. The molecule has 0 aliphatic carbocycles. The van der Waals surface area contributed by atoms with Crippen LogP contribution in [0.25, 0.3) is 0 Å². The number of carbonyl (C=O) groups excluding carboxylic acids is 1. The van der Waals surface area contributed by atoms with E-state index in [-0.39, 0.29) is 23.3 Å². The van der Waals surface area contributed by atoms with Crippen LogP contribution in [0.5, 0.6) is 5.75 Å². The van der Waals surface area contributed by atoms with Crippen molar-refractivity contribution in [3.8, 4) is 5.75 Å². The van der Waals surface area contributed by atoms with Crippen molar-refractivity contribution in [2.75, 3.05) is 11.9 Å². The molecule has 0 aliphatic rings. The number of halogens is 1. The molecule has 0 atom stereocenters. The highest BCUT2D eigenvalue weighted by Crippen LogP contribution is 2.15. The molecule has 6 heteroatoms. The normalized spacial score (nSPS) is 9.95. The van der Waals surface area contributed by atoms with E-state index in [0.29, 0.717) is 11.3 Å². The van der Waals surface area contributed by atoms with Crippen molar-refractivity contribution >= 4 is 28.8 Å². The van der Waals surface area contributed by atoms with Gasteiger partial charge in [0.2, 0.25) is 0 Å². The summed E-state index contributed by atoms with van der Waals surface area (Å²) in [6.45, 7) is -0.280. The summed E-state index contributed by atoms with van der Waals surface area (Å²) in [6, 6.07) is 12.7. The molecule has 0 fully saturated rings. The van der Waals surface area contributed by atoms with E-state index in [1.807, 2.05) is 0 Å². The van der Waals surface area contributed by atoms with Crippen LogP contribution >= 0.6 is 12.2 Å². The fourth-order valence-electron chi connectivity index (χ4n) is 1.62. The summed E-state index contributed by atoms with van der Waals surface area (Å²) in [6.07, 6.45) is 0. The zero-order valence-corrected chi connectivity index (χ0v) is 11.8. The van der Waals surface area contributed by atoms with Gasteiger partial charge in [-0.25, -0.2) is 4.39 Å². The lowest BCUT2D eigenvalue weighted by Crippen LogP contribution is -2.20. The highest BCUT2D eigenvalue weighted by atomic mass is 32.1. The van der Waals surface area contributed by atoms with Crippen LogP contribution in [0.4, 0.5) is 10.1 Å². The van der Waals surface area contributed by atoms with Crippen molar-refractivity contribution in [2.45, 2.75) is 0 Å². The van der Waals surface area contributed by atoms with E-state index in [0.717, 1.165) is 0 Å². The van der Waals surface area contributed by atoms with Crippen molar-refractivity contribution in [3.05, 3.63) is 59.9 Å². The number of carbonyl (C=O) groups is 1. The predicted molar refractivity (Wildman–Crippen MR) is 82.9 cm³/mol. The molecule has 0 aromatic heterocycles. The third-order valence-corrected chi connectivity index (χ3v) is 2.88. The highest BCUT2D eigenvalue weighted by Gasteiger charge is 2.07. The smallest absolute Gasteiger partial charge is 0.262 e. The Morgan fingerprint density at radius 3 is 2.48 bits per heavy atom. The van der Waals surface area contributed by atoms with E-state index in [4.69, 9.17) is 22.7 Å².